The van der Waals surface area contributed by atoms with Crippen LogP contribution >= 0.6 is 0 Å². The van der Waals surface area contributed by atoms with Gasteiger partial charge in [-0.25, -0.2) is 16.8 Å². The minimum atomic E-state index is -3.56. The summed E-state index contributed by atoms with van der Waals surface area (Å²) in [5.41, 5.74) is 1.57. The third kappa shape index (κ3) is 5.66. The summed E-state index contributed by atoms with van der Waals surface area (Å²) in [5.74, 6) is -0.111. The van der Waals surface area contributed by atoms with Gasteiger partial charge in [0.15, 0.2) is 0 Å². The predicted octanol–water partition coefficient (Wildman–Crippen LogP) is 0.911. The molecule has 184 valence electrons. The van der Waals surface area contributed by atoms with Crippen LogP contribution in [0.15, 0.2) is 59.5 Å². The van der Waals surface area contributed by atoms with Crippen molar-refractivity contribution >= 4 is 26.0 Å². The molecule has 34 heavy (non-hydrogen) atoms. The first-order valence-corrected chi connectivity index (χ1v) is 14.5. The van der Waals surface area contributed by atoms with E-state index in [1.54, 1.807) is 41.3 Å². The fraction of sp³-hybridized carbons (Fsp3) is 0.435. The Balaban J connectivity index is 1.34. The Kier molecular flexibility index (Phi) is 7.39. The zero-order valence-corrected chi connectivity index (χ0v) is 20.8. The van der Waals surface area contributed by atoms with Crippen molar-refractivity contribution in [1.29, 1.82) is 0 Å². The van der Waals surface area contributed by atoms with Crippen molar-refractivity contribution in [3.8, 4) is 0 Å². The lowest BCUT2D eigenvalue weighted by atomic mass is 10.1. The Morgan fingerprint density at radius 1 is 0.765 bits per heavy atom. The van der Waals surface area contributed by atoms with Gasteiger partial charge in [0.05, 0.1) is 11.2 Å². The molecule has 2 fully saturated rings. The van der Waals surface area contributed by atoms with E-state index in [4.69, 9.17) is 0 Å². The van der Waals surface area contributed by atoms with Gasteiger partial charge in [-0.2, -0.15) is 8.61 Å². The molecule has 0 atom stereocenters. The smallest absolute Gasteiger partial charge is 0.253 e. The van der Waals surface area contributed by atoms with E-state index < -0.39 is 20.0 Å². The molecule has 9 nitrogen and oxygen atoms in total. The zero-order valence-electron chi connectivity index (χ0n) is 19.2. The lowest BCUT2D eigenvalue weighted by Crippen LogP contribution is -2.50. The maximum Gasteiger partial charge on any atom is 0.253 e. The van der Waals surface area contributed by atoms with Crippen LogP contribution in [0, 0.1) is 0 Å². The Morgan fingerprint density at radius 2 is 1.38 bits per heavy atom. The summed E-state index contributed by atoms with van der Waals surface area (Å²) in [6.45, 7) is 4.04. The minimum Gasteiger partial charge on any atom is -0.336 e. The monoisotopic (exact) mass is 506 g/mol. The van der Waals surface area contributed by atoms with Crippen molar-refractivity contribution in [2.24, 2.45) is 0 Å². The lowest BCUT2D eigenvalue weighted by molar-refractivity contribution is 0.0697. The molecule has 2 aliphatic heterocycles. The van der Waals surface area contributed by atoms with E-state index in [9.17, 15) is 21.6 Å². The fourth-order valence-electron chi connectivity index (χ4n) is 4.34. The lowest BCUT2D eigenvalue weighted by Gasteiger charge is -2.34. The molecule has 2 aliphatic rings. The second-order valence-electron chi connectivity index (χ2n) is 8.65. The summed E-state index contributed by atoms with van der Waals surface area (Å²) >= 11 is 0. The first-order valence-electron chi connectivity index (χ1n) is 11.3. The van der Waals surface area contributed by atoms with E-state index in [1.807, 2.05) is 18.2 Å². The average Bonchev–Trinajstić information content (AvgIpc) is 2.84. The number of benzene rings is 2. The van der Waals surface area contributed by atoms with Gasteiger partial charge in [0, 0.05) is 64.5 Å². The van der Waals surface area contributed by atoms with Gasteiger partial charge in [-0.1, -0.05) is 30.3 Å². The molecule has 2 aromatic carbocycles. The molecule has 11 heteroatoms. The van der Waals surface area contributed by atoms with Crippen LogP contribution in [0.4, 0.5) is 0 Å². The minimum absolute atomic E-state index is 0.111. The number of amides is 1. The van der Waals surface area contributed by atoms with E-state index in [-0.39, 0.29) is 23.9 Å². The van der Waals surface area contributed by atoms with Gasteiger partial charge in [-0.05, 0) is 29.8 Å². The van der Waals surface area contributed by atoms with Crippen molar-refractivity contribution in [3.05, 3.63) is 65.7 Å². The highest BCUT2D eigenvalue weighted by Crippen LogP contribution is 2.19. The van der Waals surface area contributed by atoms with Crippen LogP contribution in [0.3, 0.4) is 0 Å². The molecule has 0 N–H and O–H groups in total. The molecule has 2 aromatic rings. The molecule has 2 heterocycles. The van der Waals surface area contributed by atoms with Crippen LogP contribution in [0.25, 0.3) is 0 Å². The van der Waals surface area contributed by atoms with Gasteiger partial charge >= 0.3 is 0 Å². The number of hydrogen-bond acceptors (Lipinski definition) is 6. The first kappa shape index (κ1) is 24.8. The van der Waals surface area contributed by atoms with Crippen LogP contribution < -0.4 is 0 Å². The molecule has 1 amide bonds. The summed E-state index contributed by atoms with van der Waals surface area (Å²) in [7, 11) is -6.73. The molecule has 4 rings (SSSR count). The number of hydrogen-bond donors (Lipinski definition) is 0. The Hall–Kier alpha value is -2.31. The summed E-state index contributed by atoms with van der Waals surface area (Å²) in [6.07, 6.45) is 1.23. The largest absolute Gasteiger partial charge is 0.336 e. The molecule has 0 unspecified atom stereocenters. The van der Waals surface area contributed by atoms with E-state index >= 15 is 0 Å². The van der Waals surface area contributed by atoms with E-state index in [1.165, 1.54) is 14.9 Å². The highest BCUT2D eigenvalue weighted by Gasteiger charge is 2.30. The van der Waals surface area contributed by atoms with Crippen LogP contribution in [-0.2, 0) is 26.6 Å². The van der Waals surface area contributed by atoms with Crippen molar-refractivity contribution in [1.82, 2.24) is 18.4 Å². The van der Waals surface area contributed by atoms with Gasteiger partial charge in [0.2, 0.25) is 20.0 Å². The Morgan fingerprint density at radius 3 is 2.00 bits per heavy atom. The number of sulfonamides is 2. The first-order chi connectivity index (χ1) is 16.1. The standard InChI is InChI=1S/C23H30N4O5S2/c1-33(29,30)26-14-10-24(11-15-26)19-20-6-5-7-21(18-20)23(28)25-12-16-27(17-13-25)34(31,32)22-8-3-2-4-9-22/h2-9,18H,10-17,19H2,1H3. The zero-order chi connectivity index (χ0) is 24.3. The third-order valence-electron chi connectivity index (χ3n) is 6.29. The van der Waals surface area contributed by atoms with Crippen molar-refractivity contribution in [2.45, 2.75) is 11.4 Å². The normalized spacial score (nSPS) is 19.3. The SMILES string of the molecule is CS(=O)(=O)N1CCN(Cc2cccc(C(=O)N3CCN(S(=O)(=O)c4ccccc4)CC3)c2)CC1. The van der Waals surface area contributed by atoms with E-state index in [0.29, 0.717) is 51.4 Å². The van der Waals surface area contributed by atoms with Crippen molar-refractivity contribution in [3.63, 3.8) is 0 Å². The maximum atomic E-state index is 13.1. The van der Waals surface area contributed by atoms with Crippen molar-refractivity contribution in [2.75, 3.05) is 58.6 Å². The number of rotatable bonds is 6. The fourth-order valence-corrected chi connectivity index (χ4v) is 6.61. The van der Waals surface area contributed by atoms with Crippen LogP contribution in [0.5, 0.6) is 0 Å². The van der Waals surface area contributed by atoms with Gasteiger partial charge in [-0.15, -0.1) is 0 Å². The molecule has 0 saturated carbocycles. The van der Waals surface area contributed by atoms with Gasteiger partial charge < -0.3 is 4.90 Å². The topological polar surface area (TPSA) is 98.3 Å². The second-order valence-corrected chi connectivity index (χ2v) is 12.6. The molecule has 0 spiro atoms. The number of carbonyl (C=O) groups excluding carboxylic acids is 1. The number of piperazine rings is 2. The molecule has 0 radical (unpaired) electrons. The van der Waals surface area contributed by atoms with Crippen LogP contribution in [0.2, 0.25) is 0 Å². The molecular weight excluding hydrogens is 476 g/mol. The Bertz CT molecular complexity index is 1220. The average molecular weight is 507 g/mol. The molecular formula is C23H30N4O5S2. The van der Waals surface area contributed by atoms with Gasteiger partial charge in [-0.3, -0.25) is 9.69 Å². The number of nitrogens with zero attached hydrogens (tertiary/aromatic N) is 4. The van der Waals surface area contributed by atoms with Crippen molar-refractivity contribution < 1.29 is 21.6 Å². The second kappa shape index (κ2) is 10.1. The van der Waals surface area contributed by atoms with Crippen LogP contribution in [0.1, 0.15) is 15.9 Å². The predicted molar refractivity (Wildman–Crippen MR) is 129 cm³/mol. The highest BCUT2D eigenvalue weighted by atomic mass is 32.2. The summed E-state index contributed by atoms with van der Waals surface area (Å²) in [5, 5.41) is 0. The van der Waals surface area contributed by atoms with Gasteiger partial charge in [0.1, 0.15) is 0 Å². The van der Waals surface area contributed by atoms with Crippen LogP contribution in [-0.4, -0.2) is 99.8 Å². The summed E-state index contributed by atoms with van der Waals surface area (Å²) in [4.78, 5) is 17.2. The highest BCUT2D eigenvalue weighted by molar-refractivity contribution is 7.89. The molecule has 2 saturated heterocycles. The number of carbonyl (C=O) groups is 1. The van der Waals surface area contributed by atoms with E-state index in [0.717, 1.165) is 5.56 Å². The quantitative estimate of drug-likeness (QED) is 0.578. The summed E-state index contributed by atoms with van der Waals surface area (Å²) < 4.78 is 52.0. The third-order valence-corrected chi connectivity index (χ3v) is 9.50. The summed E-state index contributed by atoms with van der Waals surface area (Å²) in [6, 6.07) is 15.8. The molecule has 0 bridgehead atoms. The van der Waals surface area contributed by atoms with E-state index in [2.05, 4.69) is 4.90 Å². The molecule has 0 aromatic heterocycles. The molecule has 0 aliphatic carbocycles. The van der Waals surface area contributed by atoms with Gasteiger partial charge in [0.25, 0.3) is 5.91 Å². The Labute approximate surface area is 201 Å². The maximum absolute atomic E-state index is 13.1.